The molecular formula is C17H14BrClF3NO3. The molecule has 1 atom stereocenters. The molecule has 0 bridgehead atoms. The molecule has 0 saturated heterocycles. The first-order valence-corrected chi connectivity index (χ1v) is 8.50. The second kappa shape index (κ2) is 8.28. The highest BCUT2D eigenvalue weighted by Gasteiger charge is 2.55. The molecule has 0 heterocycles. The predicted molar refractivity (Wildman–Crippen MR) is 94.1 cm³/mol. The maximum atomic E-state index is 13.3. The number of aliphatic hydroxyl groups is 1. The summed E-state index contributed by atoms with van der Waals surface area (Å²) in [7, 11) is 0. The van der Waals surface area contributed by atoms with Crippen LogP contribution in [0.25, 0.3) is 0 Å². The minimum absolute atomic E-state index is 0.304. The molecule has 2 rings (SSSR count). The molecule has 0 spiro atoms. The third kappa shape index (κ3) is 4.90. The monoisotopic (exact) mass is 451 g/mol. The van der Waals surface area contributed by atoms with Gasteiger partial charge < -0.3 is 15.2 Å². The van der Waals surface area contributed by atoms with Crippen LogP contribution in [-0.2, 0) is 10.4 Å². The van der Waals surface area contributed by atoms with Crippen molar-refractivity contribution in [2.75, 3.05) is 13.2 Å². The first kappa shape index (κ1) is 20.5. The highest BCUT2D eigenvalue weighted by atomic mass is 79.9. The third-order valence-corrected chi connectivity index (χ3v) is 4.37. The number of hydrogen-bond donors (Lipinski definition) is 2. The van der Waals surface area contributed by atoms with E-state index in [9.17, 15) is 23.1 Å². The number of hydrogen-bond acceptors (Lipinski definition) is 3. The fourth-order valence-corrected chi connectivity index (χ4v) is 2.89. The Bertz CT molecular complexity index is 774. The Morgan fingerprint density at radius 2 is 1.85 bits per heavy atom. The molecule has 2 aromatic rings. The van der Waals surface area contributed by atoms with Gasteiger partial charge in [0.2, 0.25) is 5.60 Å². The van der Waals surface area contributed by atoms with Crippen LogP contribution in [-0.4, -0.2) is 30.3 Å². The van der Waals surface area contributed by atoms with Gasteiger partial charge in [0.15, 0.2) is 6.61 Å². The number of halogens is 5. The summed E-state index contributed by atoms with van der Waals surface area (Å²) in [5, 5.41) is 12.6. The van der Waals surface area contributed by atoms with Gasteiger partial charge in [0.1, 0.15) is 5.75 Å². The Balaban J connectivity index is 2.01. The average Bonchev–Trinajstić information content (AvgIpc) is 2.58. The van der Waals surface area contributed by atoms with Gasteiger partial charge in [-0.3, -0.25) is 4.79 Å². The Labute approximate surface area is 161 Å². The molecule has 0 aliphatic rings. The van der Waals surface area contributed by atoms with E-state index < -0.39 is 30.8 Å². The number of rotatable bonds is 6. The quantitative estimate of drug-likeness (QED) is 0.695. The largest absolute Gasteiger partial charge is 0.483 e. The van der Waals surface area contributed by atoms with E-state index in [4.69, 9.17) is 16.3 Å². The van der Waals surface area contributed by atoms with Crippen molar-refractivity contribution in [1.82, 2.24) is 5.32 Å². The van der Waals surface area contributed by atoms with Crippen LogP contribution in [0.4, 0.5) is 13.2 Å². The van der Waals surface area contributed by atoms with E-state index >= 15 is 0 Å². The van der Waals surface area contributed by atoms with Crippen LogP contribution in [0.1, 0.15) is 5.56 Å². The smallest absolute Gasteiger partial charge is 0.423 e. The van der Waals surface area contributed by atoms with E-state index in [1.807, 2.05) is 0 Å². The van der Waals surface area contributed by atoms with Gasteiger partial charge in [-0.2, -0.15) is 13.2 Å². The highest BCUT2D eigenvalue weighted by molar-refractivity contribution is 9.10. The average molecular weight is 453 g/mol. The van der Waals surface area contributed by atoms with Crippen LogP contribution in [0.15, 0.2) is 53.0 Å². The standard InChI is InChI=1S/C17H14BrClF3NO3/c18-13-8-12(19)6-7-14(13)26-9-15(24)23-10-16(25,17(20,21)22)11-4-2-1-3-5-11/h1-8,25H,9-10H2,(H,23,24). The van der Waals surface area contributed by atoms with Crippen molar-refractivity contribution in [3.05, 3.63) is 63.6 Å². The van der Waals surface area contributed by atoms with Crippen LogP contribution in [0.2, 0.25) is 5.02 Å². The summed E-state index contributed by atoms with van der Waals surface area (Å²) >= 11 is 8.98. The molecule has 0 fully saturated rings. The van der Waals surface area contributed by atoms with E-state index in [-0.39, 0.29) is 5.56 Å². The van der Waals surface area contributed by atoms with Gasteiger partial charge in [0.25, 0.3) is 5.91 Å². The van der Waals surface area contributed by atoms with Crippen LogP contribution in [0.5, 0.6) is 5.75 Å². The molecule has 0 aliphatic heterocycles. The number of ether oxygens (including phenoxy) is 1. The number of carbonyl (C=O) groups excluding carboxylic acids is 1. The number of nitrogens with one attached hydrogen (secondary N) is 1. The van der Waals surface area contributed by atoms with Crippen LogP contribution < -0.4 is 10.1 Å². The summed E-state index contributed by atoms with van der Waals surface area (Å²) < 4.78 is 45.7. The normalized spacial score (nSPS) is 13.8. The van der Waals surface area contributed by atoms with Crippen molar-refractivity contribution < 1.29 is 27.8 Å². The molecular weight excluding hydrogens is 439 g/mol. The lowest BCUT2D eigenvalue weighted by atomic mass is 9.93. The first-order chi connectivity index (χ1) is 12.1. The Morgan fingerprint density at radius 3 is 2.42 bits per heavy atom. The summed E-state index contributed by atoms with van der Waals surface area (Å²) in [6, 6.07) is 11.1. The summed E-state index contributed by atoms with van der Waals surface area (Å²) in [5.41, 5.74) is -3.57. The second-order valence-electron chi connectivity index (χ2n) is 5.36. The van der Waals surface area contributed by atoms with Gasteiger partial charge in [-0.25, -0.2) is 0 Å². The van der Waals surface area contributed by atoms with Gasteiger partial charge >= 0.3 is 6.18 Å². The molecule has 140 valence electrons. The van der Waals surface area contributed by atoms with Gasteiger partial charge in [-0.15, -0.1) is 0 Å². The molecule has 2 aromatic carbocycles. The lowest BCUT2D eigenvalue weighted by molar-refractivity contribution is -0.264. The molecule has 0 radical (unpaired) electrons. The zero-order valence-electron chi connectivity index (χ0n) is 13.2. The van der Waals surface area contributed by atoms with Crippen molar-refractivity contribution in [1.29, 1.82) is 0 Å². The zero-order valence-corrected chi connectivity index (χ0v) is 15.5. The van der Waals surface area contributed by atoms with Crippen LogP contribution in [0.3, 0.4) is 0 Å². The second-order valence-corrected chi connectivity index (χ2v) is 6.65. The molecule has 26 heavy (non-hydrogen) atoms. The summed E-state index contributed by atoms with van der Waals surface area (Å²) in [5.74, 6) is -0.510. The lowest BCUT2D eigenvalue weighted by Crippen LogP contribution is -2.51. The van der Waals surface area contributed by atoms with E-state index in [0.717, 1.165) is 12.1 Å². The lowest BCUT2D eigenvalue weighted by Gasteiger charge is -2.31. The predicted octanol–water partition coefficient (Wildman–Crippen LogP) is 4.05. The number of amides is 1. The fraction of sp³-hybridized carbons (Fsp3) is 0.235. The third-order valence-electron chi connectivity index (χ3n) is 3.51. The minimum atomic E-state index is -4.97. The summed E-state index contributed by atoms with van der Waals surface area (Å²) in [6.07, 6.45) is -4.97. The fourth-order valence-electron chi connectivity index (χ4n) is 2.09. The molecule has 1 amide bonds. The topological polar surface area (TPSA) is 58.6 Å². The summed E-state index contributed by atoms with van der Waals surface area (Å²) in [4.78, 5) is 11.8. The van der Waals surface area contributed by atoms with E-state index in [1.165, 1.54) is 30.3 Å². The molecule has 2 N–H and O–H groups in total. The highest BCUT2D eigenvalue weighted by Crippen LogP contribution is 2.38. The van der Waals surface area contributed by atoms with Crippen molar-refractivity contribution in [3.63, 3.8) is 0 Å². The number of alkyl halides is 3. The molecule has 9 heteroatoms. The molecule has 0 aromatic heterocycles. The van der Waals surface area contributed by atoms with Gasteiger partial charge in [-0.05, 0) is 39.7 Å². The maximum Gasteiger partial charge on any atom is 0.423 e. The van der Waals surface area contributed by atoms with Gasteiger partial charge in [-0.1, -0.05) is 41.9 Å². The number of benzene rings is 2. The van der Waals surface area contributed by atoms with Crippen molar-refractivity contribution in [3.8, 4) is 5.75 Å². The van der Waals surface area contributed by atoms with E-state index in [2.05, 4.69) is 21.2 Å². The first-order valence-electron chi connectivity index (χ1n) is 7.32. The molecule has 0 aliphatic carbocycles. The molecule has 0 saturated carbocycles. The van der Waals surface area contributed by atoms with Crippen molar-refractivity contribution in [2.24, 2.45) is 0 Å². The molecule has 4 nitrogen and oxygen atoms in total. The number of carbonyl (C=O) groups is 1. The van der Waals surface area contributed by atoms with E-state index in [1.54, 1.807) is 6.07 Å². The van der Waals surface area contributed by atoms with Crippen LogP contribution >= 0.6 is 27.5 Å². The Morgan fingerprint density at radius 1 is 1.19 bits per heavy atom. The minimum Gasteiger partial charge on any atom is -0.483 e. The van der Waals surface area contributed by atoms with Gasteiger partial charge in [0.05, 0.1) is 11.0 Å². The zero-order chi connectivity index (χ0) is 19.4. The van der Waals surface area contributed by atoms with Crippen molar-refractivity contribution in [2.45, 2.75) is 11.8 Å². The molecule has 1 unspecified atom stereocenters. The van der Waals surface area contributed by atoms with E-state index in [0.29, 0.717) is 15.2 Å². The maximum absolute atomic E-state index is 13.3. The van der Waals surface area contributed by atoms with Gasteiger partial charge in [0, 0.05) is 5.02 Å². The van der Waals surface area contributed by atoms with Crippen molar-refractivity contribution >= 4 is 33.4 Å². The Kier molecular flexibility index (Phi) is 6.54. The summed E-state index contributed by atoms with van der Waals surface area (Å²) in [6.45, 7) is -1.56. The Hall–Kier alpha value is -1.77. The SMILES string of the molecule is O=C(COc1ccc(Cl)cc1Br)NCC(O)(c1ccccc1)C(F)(F)F. The van der Waals surface area contributed by atoms with Crippen LogP contribution in [0, 0.1) is 0 Å².